The molecule has 5 heteroatoms. The molecule has 1 aromatic rings. The minimum Gasteiger partial charge on any atom is -0.327 e. The van der Waals surface area contributed by atoms with Crippen LogP contribution in [0.5, 0.6) is 0 Å². The highest BCUT2D eigenvalue weighted by Crippen LogP contribution is 2.16. The van der Waals surface area contributed by atoms with Gasteiger partial charge in [-0.05, 0) is 35.4 Å². The van der Waals surface area contributed by atoms with E-state index in [4.69, 9.17) is 5.73 Å². The van der Waals surface area contributed by atoms with Crippen molar-refractivity contribution in [2.75, 3.05) is 6.54 Å². The summed E-state index contributed by atoms with van der Waals surface area (Å²) in [4.78, 5) is 15.5. The molecule has 0 atom stereocenters. The Labute approximate surface area is 96.9 Å². The first-order valence-corrected chi connectivity index (χ1v) is 5.37. The quantitative estimate of drug-likeness (QED) is 0.839. The third-order valence-corrected chi connectivity index (χ3v) is 3.35. The van der Waals surface area contributed by atoms with Gasteiger partial charge in [-0.15, -0.1) is 0 Å². The number of halogens is 1. The van der Waals surface area contributed by atoms with Crippen LogP contribution >= 0.6 is 15.9 Å². The van der Waals surface area contributed by atoms with Gasteiger partial charge in [0, 0.05) is 18.8 Å². The van der Waals surface area contributed by atoms with E-state index in [-0.39, 0.29) is 5.69 Å². The second-order valence-electron chi connectivity index (χ2n) is 3.42. The molecule has 1 aromatic heterocycles. The number of aryl methyl sites for hydroxylation is 1. The minimum atomic E-state index is -0.261. The first-order chi connectivity index (χ1) is 6.97. The topological polar surface area (TPSA) is 60.9 Å². The fourth-order valence-corrected chi connectivity index (χ4v) is 1.55. The first-order valence-electron chi connectivity index (χ1n) is 4.57. The molecule has 4 nitrogen and oxygen atoms in total. The van der Waals surface area contributed by atoms with Crippen LogP contribution in [0.3, 0.4) is 0 Å². The van der Waals surface area contributed by atoms with Crippen molar-refractivity contribution in [3.05, 3.63) is 38.5 Å². The molecule has 0 aromatic carbocycles. The summed E-state index contributed by atoms with van der Waals surface area (Å²) in [6.45, 7) is 8.23. The molecule has 0 saturated heterocycles. The highest BCUT2D eigenvalue weighted by Gasteiger charge is 2.09. The second-order valence-corrected chi connectivity index (χ2v) is 4.21. The lowest BCUT2D eigenvalue weighted by Gasteiger charge is -2.12. The van der Waals surface area contributed by atoms with E-state index in [9.17, 15) is 4.79 Å². The van der Waals surface area contributed by atoms with E-state index < -0.39 is 0 Å². The molecule has 1 heterocycles. The summed E-state index contributed by atoms with van der Waals surface area (Å²) >= 11 is 3.39. The molecule has 0 unspecified atom stereocenters. The predicted molar refractivity (Wildman–Crippen MR) is 63.9 cm³/mol. The Bertz CT molecular complexity index is 451. The summed E-state index contributed by atoms with van der Waals surface area (Å²) in [6, 6.07) is 0. The van der Waals surface area contributed by atoms with Crippen molar-refractivity contribution in [3.63, 3.8) is 0 Å². The van der Waals surface area contributed by atoms with Crippen LogP contribution in [0.25, 0.3) is 0 Å². The zero-order valence-electron chi connectivity index (χ0n) is 8.88. The second kappa shape index (κ2) is 4.72. The lowest BCUT2D eigenvalue weighted by molar-refractivity contribution is 0.673. The fraction of sp³-hybridized carbons (Fsp3) is 0.400. The number of nitrogens with zero attached hydrogens (tertiary/aromatic N) is 2. The van der Waals surface area contributed by atoms with E-state index >= 15 is 0 Å². The van der Waals surface area contributed by atoms with Gasteiger partial charge in [-0.25, -0.2) is 4.79 Å². The third kappa shape index (κ3) is 2.54. The van der Waals surface area contributed by atoms with Crippen LogP contribution < -0.4 is 11.4 Å². The standard InChI is InChI=1S/C10H14BrN3O/c1-6(4-12)5-14-8(3)9(11)7(2)13-10(14)15/h1,4-5,12H2,2-3H3. The normalized spacial score (nSPS) is 10.4. The Morgan fingerprint density at radius 1 is 1.60 bits per heavy atom. The molecule has 0 aliphatic heterocycles. The van der Waals surface area contributed by atoms with Crippen molar-refractivity contribution >= 4 is 15.9 Å². The van der Waals surface area contributed by atoms with Crippen LogP contribution in [0, 0.1) is 13.8 Å². The number of hydrogen-bond acceptors (Lipinski definition) is 3. The van der Waals surface area contributed by atoms with Crippen LogP contribution in [0.1, 0.15) is 11.4 Å². The lowest BCUT2D eigenvalue weighted by Crippen LogP contribution is -2.28. The van der Waals surface area contributed by atoms with Crippen molar-refractivity contribution in [2.24, 2.45) is 5.73 Å². The molecule has 0 amide bonds. The van der Waals surface area contributed by atoms with E-state index in [1.165, 1.54) is 0 Å². The van der Waals surface area contributed by atoms with Crippen LogP contribution in [-0.2, 0) is 6.54 Å². The summed E-state index contributed by atoms with van der Waals surface area (Å²) in [5.41, 5.74) is 7.53. The van der Waals surface area contributed by atoms with E-state index in [2.05, 4.69) is 27.5 Å². The fourth-order valence-electron chi connectivity index (χ4n) is 1.25. The zero-order chi connectivity index (χ0) is 11.6. The number of hydrogen-bond donors (Lipinski definition) is 1. The summed E-state index contributed by atoms with van der Waals surface area (Å²) < 4.78 is 2.42. The molecular formula is C10H14BrN3O. The van der Waals surface area contributed by atoms with Crippen LogP contribution in [0.4, 0.5) is 0 Å². The van der Waals surface area contributed by atoms with E-state index in [1.807, 2.05) is 6.92 Å². The van der Waals surface area contributed by atoms with Crippen LogP contribution in [0.15, 0.2) is 21.4 Å². The van der Waals surface area contributed by atoms with E-state index in [0.717, 1.165) is 15.7 Å². The minimum absolute atomic E-state index is 0.261. The highest BCUT2D eigenvalue weighted by molar-refractivity contribution is 9.10. The van der Waals surface area contributed by atoms with Gasteiger partial charge in [0.25, 0.3) is 0 Å². The first kappa shape index (κ1) is 12.1. The third-order valence-electron chi connectivity index (χ3n) is 2.20. The molecular weight excluding hydrogens is 258 g/mol. The molecule has 1 rings (SSSR count). The van der Waals surface area contributed by atoms with Gasteiger partial charge < -0.3 is 5.73 Å². The van der Waals surface area contributed by atoms with Crippen molar-refractivity contribution in [1.29, 1.82) is 0 Å². The van der Waals surface area contributed by atoms with Gasteiger partial charge in [0.15, 0.2) is 0 Å². The molecule has 2 N–H and O–H groups in total. The van der Waals surface area contributed by atoms with Gasteiger partial charge in [-0.3, -0.25) is 4.57 Å². The van der Waals surface area contributed by atoms with Gasteiger partial charge in [0.05, 0.1) is 10.2 Å². The Morgan fingerprint density at radius 2 is 2.20 bits per heavy atom. The maximum absolute atomic E-state index is 11.6. The molecule has 0 aliphatic rings. The highest BCUT2D eigenvalue weighted by atomic mass is 79.9. The molecule has 0 radical (unpaired) electrons. The van der Waals surface area contributed by atoms with Gasteiger partial charge >= 0.3 is 5.69 Å². The van der Waals surface area contributed by atoms with Crippen molar-refractivity contribution < 1.29 is 0 Å². The van der Waals surface area contributed by atoms with Crippen molar-refractivity contribution in [2.45, 2.75) is 20.4 Å². The lowest BCUT2D eigenvalue weighted by atomic mass is 10.3. The maximum atomic E-state index is 11.6. The Hall–Kier alpha value is -0.940. The Kier molecular flexibility index (Phi) is 3.82. The molecule has 0 aliphatic carbocycles. The Balaban J connectivity index is 3.24. The Morgan fingerprint density at radius 3 is 2.73 bits per heavy atom. The average Bonchev–Trinajstić information content (AvgIpc) is 2.21. The van der Waals surface area contributed by atoms with Crippen molar-refractivity contribution in [3.8, 4) is 0 Å². The van der Waals surface area contributed by atoms with Gasteiger partial charge in [0.1, 0.15) is 0 Å². The summed E-state index contributed by atoms with van der Waals surface area (Å²) in [7, 11) is 0. The molecule has 0 bridgehead atoms. The van der Waals surface area contributed by atoms with E-state index in [0.29, 0.717) is 18.8 Å². The molecule has 0 saturated carbocycles. The monoisotopic (exact) mass is 271 g/mol. The number of rotatable bonds is 3. The smallest absolute Gasteiger partial charge is 0.327 e. The van der Waals surface area contributed by atoms with Crippen molar-refractivity contribution in [1.82, 2.24) is 9.55 Å². The molecule has 82 valence electrons. The summed E-state index contributed by atoms with van der Waals surface area (Å²) in [5, 5.41) is 0. The number of nitrogens with two attached hydrogens (primary N) is 1. The molecule has 0 spiro atoms. The van der Waals surface area contributed by atoms with Gasteiger partial charge in [-0.1, -0.05) is 6.58 Å². The van der Waals surface area contributed by atoms with Gasteiger partial charge in [0.2, 0.25) is 0 Å². The predicted octanol–water partition coefficient (Wildman–Crippen LogP) is 1.14. The largest absolute Gasteiger partial charge is 0.348 e. The summed E-state index contributed by atoms with van der Waals surface area (Å²) in [5.74, 6) is 0. The van der Waals surface area contributed by atoms with Gasteiger partial charge in [-0.2, -0.15) is 4.98 Å². The summed E-state index contributed by atoms with van der Waals surface area (Å²) in [6.07, 6.45) is 0. The van der Waals surface area contributed by atoms with Crippen LogP contribution in [0.2, 0.25) is 0 Å². The zero-order valence-corrected chi connectivity index (χ0v) is 10.5. The SMILES string of the molecule is C=C(CN)Cn1c(C)c(Br)c(C)nc1=O. The maximum Gasteiger partial charge on any atom is 0.348 e. The number of aromatic nitrogens is 2. The molecule has 15 heavy (non-hydrogen) atoms. The van der Waals surface area contributed by atoms with E-state index in [1.54, 1.807) is 11.5 Å². The molecule has 0 fully saturated rings. The average molecular weight is 272 g/mol. The van der Waals surface area contributed by atoms with Crippen LogP contribution in [-0.4, -0.2) is 16.1 Å².